The van der Waals surface area contributed by atoms with E-state index in [2.05, 4.69) is 15.9 Å². The number of rotatable bonds is 1. The van der Waals surface area contributed by atoms with Crippen molar-refractivity contribution >= 4 is 28.1 Å². The zero-order valence-corrected chi connectivity index (χ0v) is 8.81. The molecule has 0 saturated carbocycles. The van der Waals surface area contributed by atoms with Gasteiger partial charge in [-0.1, -0.05) is 15.9 Å². The van der Waals surface area contributed by atoms with Gasteiger partial charge in [0.2, 0.25) is 5.91 Å². The summed E-state index contributed by atoms with van der Waals surface area (Å²) in [5.41, 5.74) is -0.171. The number of hydrogen-bond acceptors (Lipinski definition) is 2. The van der Waals surface area contributed by atoms with E-state index in [-0.39, 0.29) is 5.91 Å². The Kier molecular flexibility index (Phi) is 2.12. The molecule has 0 fully saturated rings. The fraction of sp³-hybridized carbons (Fsp3) is 0.500. The molecular formula is C8H10BrNO2. The molecule has 0 aromatic carbocycles. The van der Waals surface area contributed by atoms with Crippen LogP contribution in [0.4, 0.5) is 0 Å². The van der Waals surface area contributed by atoms with Gasteiger partial charge < -0.3 is 4.90 Å². The number of halogens is 1. The lowest BCUT2D eigenvalue weighted by molar-refractivity contribution is -0.133. The van der Waals surface area contributed by atoms with E-state index in [0.29, 0.717) is 16.5 Å². The smallest absolute Gasteiger partial charge is 0.237 e. The van der Waals surface area contributed by atoms with Gasteiger partial charge >= 0.3 is 0 Å². The van der Waals surface area contributed by atoms with Crippen LogP contribution in [0.25, 0.3) is 0 Å². The van der Waals surface area contributed by atoms with Crippen molar-refractivity contribution in [1.29, 1.82) is 0 Å². The molecule has 0 aromatic rings. The molecule has 4 heteroatoms. The maximum Gasteiger partial charge on any atom is 0.237 e. The minimum absolute atomic E-state index is 0.0588. The van der Waals surface area contributed by atoms with Crippen molar-refractivity contribution in [2.75, 3.05) is 7.05 Å². The van der Waals surface area contributed by atoms with E-state index in [1.807, 2.05) is 0 Å². The lowest BCUT2D eigenvalue weighted by Crippen LogP contribution is -2.30. The molecule has 1 amide bonds. The van der Waals surface area contributed by atoms with Crippen LogP contribution in [-0.4, -0.2) is 24.1 Å². The third-order valence-electron chi connectivity index (χ3n) is 2.09. The number of likely N-dealkylation sites (N-methyl/N-ethyl adjacent to an activating group) is 1. The molecular weight excluding hydrogens is 222 g/mol. The van der Waals surface area contributed by atoms with Crippen molar-refractivity contribution in [3.8, 4) is 0 Å². The number of aldehydes is 1. The van der Waals surface area contributed by atoms with Gasteiger partial charge in [-0.2, -0.15) is 0 Å². The minimum atomic E-state index is -0.592. The summed E-state index contributed by atoms with van der Waals surface area (Å²) in [6, 6.07) is 0. The number of allylic oxidation sites excluding steroid dienone is 1. The first kappa shape index (κ1) is 9.45. The molecule has 0 aromatic heterocycles. The molecule has 1 rings (SSSR count). The van der Waals surface area contributed by atoms with Crippen LogP contribution >= 0.6 is 15.9 Å². The Morgan fingerprint density at radius 3 is 2.17 bits per heavy atom. The predicted molar refractivity (Wildman–Crippen MR) is 48.6 cm³/mol. The van der Waals surface area contributed by atoms with Crippen LogP contribution in [-0.2, 0) is 9.59 Å². The van der Waals surface area contributed by atoms with Gasteiger partial charge in [0.1, 0.15) is 0 Å². The summed E-state index contributed by atoms with van der Waals surface area (Å²) in [7, 11) is 1.60. The number of carbonyl (C=O) groups excluding carboxylic acids is 2. The topological polar surface area (TPSA) is 37.4 Å². The second-order valence-corrected chi connectivity index (χ2v) is 4.10. The van der Waals surface area contributed by atoms with Gasteiger partial charge in [-0.15, -0.1) is 0 Å². The Hall–Kier alpha value is -0.640. The average molecular weight is 232 g/mol. The van der Waals surface area contributed by atoms with Crippen LogP contribution in [0.2, 0.25) is 0 Å². The highest BCUT2D eigenvalue weighted by molar-refractivity contribution is 9.11. The fourth-order valence-corrected chi connectivity index (χ4v) is 1.75. The highest BCUT2D eigenvalue weighted by Crippen LogP contribution is 2.41. The van der Waals surface area contributed by atoms with Crippen molar-refractivity contribution in [2.24, 2.45) is 5.41 Å². The van der Waals surface area contributed by atoms with Crippen LogP contribution in [0.5, 0.6) is 0 Å². The summed E-state index contributed by atoms with van der Waals surface area (Å²) < 4.78 is 0.664. The average Bonchev–Trinajstić information content (AvgIpc) is 2.15. The van der Waals surface area contributed by atoms with Crippen molar-refractivity contribution in [2.45, 2.75) is 13.8 Å². The van der Waals surface area contributed by atoms with Crippen LogP contribution in [0.3, 0.4) is 0 Å². The van der Waals surface area contributed by atoms with Crippen molar-refractivity contribution in [3.05, 3.63) is 10.2 Å². The van der Waals surface area contributed by atoms with Crippen LogP contribution < -0.4 is 0 Å². The predicted octanol–water partition coefficient (Wildman–Crippen LogP) is 1.29. The number of carbonyl (C=O) groups is 2. The first-order chi connectivity index (χ1) is 5.42. The van der Waals surface area contributed by atoms with Gasteiger partial charge in [0.25, 0.3) is 0 Å². The van der Waals surface area contributed by atoms with Crippen LogP contribution in [0.1, 0.15) is 13.8 Å². The Morgan fingerprint density at radius 2 is 2.00 bits per heavy atom. The number of amides is 1. The summed E-state index contributed by atoms with van der Waals surface area (Å²) >= 11 is 3.25. The molecule has 0 saturated heterocycles. The summed E-state index contributed by atoms with van der Waals surface area (Å²) in [5, 5.41) is 0. The highest BCUT2D eigenvalue weighted by Gasteiger charge is 2.43. The third-order valence-corrected chi connectivity index (χ3v) is 3.48. The zero-order valence-electron chi connectivity index (χ0n) is 7.22. The van der Waals surface area contributed by atoms with Crippen LogP contribution in [0.15, 0.2) is 10.2 Å². The summed E-state index contributed by atoms with van der Waals surface area (Å²) in [4.78, 5) is 23.5. The largest absolute Gasteiger partial charge is 0.311 e. The molecule has 0 aliphatic carbocycles. The van der Waals surface area contributed by atoms with E-state index in [4.69, 9.17) is 0 Å². The maximum atomic E-state index is 11.5. The normalized spacial score (nSPS) is 22.0. The Morgan fingerprint density at radius 1 is 1.50 bits per heavy atom. The first-order valence-corrected chi connectivity index (χ1v) is 4.35. The quantitative estimate of drug-likeness (QED) is 0.639. The van der Waals surface area contributed by atoms with Gasteiger partial charge in [0.15, 0.2) is 6.29 Å². The molecule has 1 aliphatic rings. The molecule has 12 heavy (non-hydrogen) atoms. The van der Waals surface area contributed by atoms with Crippen molar-refractivity contribution in [1.82, 2.24) is 4.90 Å². The van der Waals surface area contributed by atoms with E-state index in [1.165, 1.54) is 4.90 Å². The monoisotopic (exact) mass is 231 g/mol. The van der Waals surface area contributed by atoms with E-state index in [0.717, 1.165) is 0 Å². The van der Waals surface area contributed by atoms with E-state index in [9.17, 15) is 9.59 Å². The van der Waals surface area contributed by atoms with Gasteiger partial charge in [-0.25, -0.2) is 0 Å². The van der Waals surface area contributed by atoms with Gasteiger partial charge in [0.05, 0.1) is 11.1 Å². The van der Waals surface area contributed by atoms with Crippen molar-refractivity contribution < 1.29 is 9.59 Å². The van der Waals surface area contributed by atoms with E-state index < -0.39 is 5.41 Å². The molecule has 1 aliphatic heterocycles. The second-order valence-electron chi connectivity index (χ2n) is 3.31. The standard InChI is InChI=1S/C8H10BrNO2/c1-8(2)6(9)5(4-11)10(3)7(8)12/h4H,1-3H3. The van der Waals surface area contributed by atoms with Crippen molar-refractivity contribution in [3.63, 3.8) is 0 Å². The summed E-state index contributed by atoms with van der Waals surface area (Å²) in [6.45, 7) is 3.57. The molecule has 0 atom stereocenters. The number of nitrogens with zero attached hydrogens (tertiary/aromatic N) is 1. The third kappa shape index (κ3) is 1.02. The van der Waals surface area contributed by atoms with Gasteiger partial charge in [-0.05, 0) is 13.8 Å². The SMILES string of the molecule is CN1C(=O)C(C)(C)C(Br)=C1C=O. The molecule has 3 nitrogen and oxygen atoms in total. The lowest BCUT2D eigenvalue weighted by atomic mass is 9.94. The first-order valence-electron chi connectivity index (χ1n) is 3.56. The fourth-order valence-electron chi connectivity index (χ4n) is 1.22. The lowest BCUT2D eigenvalue weighted by Gasteiger charge is -2.17. The molecule has 0 spiro atoms. The molecule has 0 unspecified atom stereocenters. The van der Waals surface area contributed by atoms with E-state index in [1.54, 1.807) is 20.9 Å². The highest BCUT2D eigenvalue weighted by atomic mass is 79.9. The molecule has 66 valence electrons. The zero-order chi connectivity index (χ0) is 9.52. The van der Waals surface area contributed by atoms with Crippen LogP contribution in [0, 0.1) is 5.41 Å². The molecule has 1 heterocycles. The summed E-state index contributed by atoms with van der Waals surface area (Å²) in [5.74, 6) is -0.0588. The van der Waals surface area contributed by atoms with E-state index >= 15 is 0 Å². The number of hydrogen-bond donors (Lipinski definition) is 0. The molecule has 0 N–H and O–H groups in total. The second kappa shape index (κ2) is 2.69. The maximum absolute atomic E-state index is 11.5. The van der Waals surface area contributed by atoms with Gasteiger partial charge in [0, 0.05) is 11.5 Å². The molecule has 0 bridgehead atoms. The summed E-state index contributed by atoms with van der Waals surface area (Å²) in [6.07, 6.45) is 0.691. The minimum Gasteiger partial charge on any atom is -0.311 e. The molecule has 0 radical (unpaired) electrons. The Labute approximate surface area is 79.5 Å². The Balaban J connectivity index is 3.24. The Bertz CT molecular complexity index is 281. The van der Waals surface area contributed by atoms with Gasteiger partial charge in [-0.3, -0.25) is 9.59 Å².